The van der Waals surface area contributed by atoms with Crippen molar-refractivity contribution in [1.29, 1.82) is 0 Å². The topological polar surface area (TPSA) is 382 Å². The van der Waals surface area contributed by atoms with E-state index in [2.05, 4.69) is 20.0 Å². The Morgan fingerprint density at radius 2 is 0.567 bits per heavy atom. The molecule has 60 heavy (non-hydrogen) atoms. The van der Waals surface area contributed by atoms with Crippen LogP contribution in [0, 0.1) is 0 Å². The van der Waals surface area contributed by atoms with Crippen LogP contribution in [0.25, 0.3) is 0 Å². The SMILES string of the molecule is CC(=O)N(CCCCCCN=C(N)N)CC(=O)N(CCCCCCN=C(N)N)CC(=O)N(CCCCCCN=C(N)N)CC(=O)N(CCCCCCN=C(N)N)CC(N)=O. The summed E-state index contributed by atoms with van der Waals surface area (Å²) in [6.45, 7) is 3.39. The molecular formula is C38H77N17O5. The van der Waals surface area contributed by atoms with Crippen molar-refractivity contribution in [3.05, 3.63) is 0 Å². The van der Waals surface area contributed by atoms with Crippen LogP contribution in [0.15, 0.2) is 20.0 Å². The van der Waals surface area contributed by atoms with E-state index in [-0.39, 0.29) is 81.5 Å². The molecule has 0 atom stereocenters. The number of guanidine groups is 4. The fraction of sp³-hybridized carbons (Fsp3) is 0.763. The van der Waals surface area contributed by atoms with Crippen molar-refractivity contribution >= 4 is 53.4 Å². The molecular weight excluding hydrogens is 775 g/mol. The number of hydrogen-bond acceptors (Lipinski definition) is 9. The summed E-state index contributed by atoms with van der Waals surface area (Å²) in [7, 11) is 0. The highest BCUT2D eigenvalue weighted by Gasteiger charge is 2.26. The fourth-order valence-corrected chi connectivity index (χ4v) is 6.11. The van der Waals surface area contributed by atoms with Crippen molar-refractivity contribution in [3.8, 4) is 0 Å². The van der Waals surface area contributed by atoms with E-state index in [1.165, 1.54) is 26.5 Å². The van der Waals surface area contributed by atoms with Gasteiger partial charge in [-0.05, 0) is 51.4 Å². The third-order valence-electron chi connectivity index (χ3n) is 9.35. The van der Waals surface area contributed by atoms with Gasteiger partial charge in [-0.15, -0.1) is 0 Å². The summed E-state index contributed by atoms with van der Waals surface area (Å²) < 4.78 is 0. The summed E-state index contributed by atoms with van der Waals surface area (Å²) in [5, 5.41) is 0. The summed E-state index contributed by atoms with van der Waals surface area (Å²) in [4.78, 5) is 88.1. The average Bonchev–Trinajstić information content (AvgIpc) is 3.16. The summed E-state index contributed by atoms with van der Waals surface area (Å²) in [6.07, 6.45) is 11.7. The van der Waals surface area contributed by atoms with Gasteiger partial charge in [0.15, 0.2) is 23.8 Å². The van der Waals surface area contributed by atoms with Crippen LogP contribution in [0.5, 0.6) is 0 Å². The van der Waals surface area contributed by atoms with Crippen LogP contribution in [-0.2, 0) is 24.0 Å². The molecule has 22 nitrogen and oxygen atoms in total. The summed E-state index contributed by atoms with van der Waals surface area (Å²) in [5.41, 5.74) is 48.8. The summed E-state index contributed by atoms with van der Waals surface area (Å²) in [5.74, 6) is -2.07. The Morgan fingerprint density at radius 1 is 0.333 bits per heavy atom. The zero-order valence-electron chi connectivity index (χ0n) is 36.1. The number of unbranched alkanes of at least 4 members (excludes halogenated alkanes) is 12. The van der Waals surface area contributed by atoms with Gasteiger partial charge in [0.25, 0.3) is 0 Å². The van der Waals surface area contributed by atoms with Gasteiger partial charge in [0, 0.05) is 59.3 Å². The van der Waals surface area contributed by atoms with Gasteiger partial charge in [-0.2, -0.15) is 0 Å². The van der Waals surface area contributed by atoms with E-state index in [9.17, 15) is 24.0 Å². The Bertz CT molecular complexity index is 1380. The predicted octanol–water partition coefficient (Wildman–Crippen LogP) is -1.86. The quantitative estimate of drug-likeness (QED) is 0.0190. The van der Waals surface area contributed by atoms with Crippen LogP contribution < -0.4 is 51.6 Å². The van der Waals surface area contributed by atoms with Crippen molar-refractivity contribution in [1.82, 2.24) is 19.6 Å². The highest BCUT2D eigenvalue weighted by atomic mass is 16.2. The van der Waals surface area contributed by atoms with Crippen molar-refractivity contribution in [3.63, 3.8) is 0 Å². The minimum Gasteiger partial charge on any atom is -0.370 e. The molecule has 18 N–H and O–H groups in total. The van der Waals surface area contributed by atoms with Gasteiger partial charge >= 0.3 is 0 Å². The number of carbonyl (C=O) groups excluding carboxylic acids is 5. The molecule has 0 radical (unpaired) electrons. The number of nitrogens with two attached hydrogens (primary N) is 9. The van der Waals surface area contributed by atoms with Gasteiger partial charge in [-0.25, -0.2) is 0 Å². The van der Waals surface area contributed by atoms with Crippen LogP contribution in [0.4, 0.5) is 0 Å². The van der Waals surface area contributed by atoms with Gasteiger partial charge in [0.2, 0.25) is 29.5 Å². The van der Waals surface area contributed by atoms with Gasteiger partial charge in [-0.1, -0.05) is 51.4 Å². The van der Waals surface area contributed by atoms with Gasteiger partial charge in [-0.3, -0.25) is 43.9 Å². The number of hydrogen-bond donors (Lipinski definition) is 9. The first-order valence-electron chi connectivity index (χ1n) is 21.1. The monoisotopic (exact) mass is 852 g/mol. The maximum absolute atomic E-state index is 14.1. The molecule has 5 amide bonds. The summed E-state index contributed by atoms with van der Waals surface area (Å²) in [6, 6.07) is 0. The van der Waals surface area contributed by atoms with Crippen LogP contribution >= 0.6 is 0 Å². The smallest absolute Gasteiger partial charge is 0.242 e. The van der Waals surface area contributed by atoms with Crippen molar-refractivity contribution in [2.75, 3.05) is 78.5 Å². The first-order chi connectivity index (χ1) is 28.5. The lowest BCUT2D eigenvalue weighted by atomic mass is 10.1. The molecule has 0 aliphatic heterocycles. The zero-order chi connectivity index (χ0) is 45.1. The fourth-order valence-electron chi connectivity index (χ4n) is 6.11. The molecule has 0 rings (SSSR count). The Hall–Kier alpha value is -5.57. The van der Waals surface area contributed by atoms with Crippen molar-refractivity contribution in [2.24, 2.45) is 71.6 Å². The maximum Gasteiger partial charge on any atom is 0.242 e. The molecule has 0 fully saturated rings. The van der Waals surface area contributed by atoms with Gasteiger partial charge < -0.3 is 71.2 Å². The van der Waals surface area contributed by atoms with E-state index in [1.807, 2.05) is 0 Å². The first-order valence-corrected chi connectivity index (χ1v) is 21.1. The lowest BCUT2D eigenvalue weighted by Crippen LogP contribution is -2.50. The highest BCUT2D eigenvalue weighted by Crippen LogP contribution is 2.10. The Balaban J connectivity index is 6.03. The number of nitrogens with zero attached hydrogens (tertiary/aromatic N) is 8. The Kier molecular flexibility index (Phi) is 31.1. The van der Waals surface area contributed by atoms with Crippen molar-refractivity contribution < 1.29 is 24.0 Å². The second-order valence-corrected chi connectivity index (χ2v) is 14.7. The molecule has 0 aromatic carbocycles. The van der Waals surface area contributed by atoms with E-state index < -0.39 is 17.7 Å². The molecule has 0 aliphatic rings. The maximum atomic E-state index is 14.1. The molecule has 0 saturated heterocycles. The second-order valence-electron chi connectivity index (χ2n) is 14.7. The molecule has 0 aromatic heterocycles. The number of aliphatic imine (C=N–C) groups is 4. The zero-order valence-corrected chi connectivity index (χ0v) is 36.1. The third-order valence-corrected chi connectivity index (χ3v) is 9.35. The number of amides is 5. The molecule has 0 aromatic rings. The first kappa shape index (κ1) is 54.4. The van der Waals surface area contributed by atoms with E-state index >= 15 is 0 Å². The molecule has 0 unspecified atom stereocenters. The highest BCUT2D eigenvalue weighted by molar-refractivity contribution is 5.91. The standard InChI is InChI=1S/C38H77N17O5/c1-30(56)52(22-14-6-2-10-18-48-35(40)41)27-32(58)54(24-16-8-4-12-20-50-37(44)45)29-34(60)55(25-17-9-5-13-21-51-38(46)47)28-33(59)53(26-31(39)57)23-15-7-3-11-19-49-36(42)43/h2-29H2,1H3,(H2,39,57)(H4,40,41,48)(H4,42,43,49)(H4,44,45,50)(H4,46,47,51). The molecule has 0 heterocycles. The van der Waals surface area contributed by atoms with E-state index in [1.54, 1.807) is 0 Å². The van der Waals surface area contributed by atoms with Crippen molar-refractivity contribution in [2.45, 2.75) is 110 Å². The van der Waals surface area contributed by atoms with Crippen LogP contribution in [0.1, 0.15) is 110 Å². The molecule has 0 aliphatic carbocycles. The average molecular weight is 852 g/mol. The van der Waals surface area contributed by atoms with Crippen LogP contribution in [0.3, 0.4) is 0 Å². The number of primary amides is 1. The third kappa shape index (κ3) is 31.4. The number of carbonyl (C=O) groups is 5. The molecule has 22 heteroatoms. The molecule has 344 valence electrons. The molecule has 0 saturated carbocycles. The van der Waals surface area contributed by atoms with Crippen LogP contribution in [0.2, 0.25) is 0 Å². The minimum atomic E-state index is -0.675. The number of rotatable bonds is 36. The second kappa shape index (κ2) is 34.3. The Labute approximate surface area is 356 Å². The van der Waals surface area contributed by atoms with Gasteiger partial charge in [0.1, 0.15) is 0 Å². The predicted molar refractivity (Wildman–Crippen MR) is 238 cm³/mol. The largest absolute Gasteiger partial charge is 0.370 e. The summed E-state index contributed by atoms with van der Waals surface area (Å²) >= 11 is 0. The lowest BCUT2D eigenvalue weighted by Gasteiger charge is -2.31. The van der Waals surface area contributed by atoms with Crippen LogP contribution in [-0.4, -0.2) is 152 Å². The van der Waals surface area contributed by atoms with E-state index in [0.717, 1.165) is 77.0 Å². The normalized spacial score (nSPS) is 10.6. The minimum absolute atomic E-state index is 0.0178. The van der Waals surface area contributed by atoms with Gasteiger partial charge in [0.05, 0.1) is 26.2 Å². The lowest BCUT2D eigenvalue weighted by molar-refractivity contribution is -0.146. The van der Waals surface area contributed by atoms with E-state index in [0.29, 0.717) is 58.4 Å². The molecule has 0 bridgehead atoms. The Morgan fingerprint density at radius 3 is 0.817 bits per heavy atom. The van der Waals surface area contributed by atoms with E-state index in [4.69, 9.17) is 51.6 Å². The molecule has 0 spiro atoms.